The number of carbonyl (C=O) groups excluding carboxylic acids is 4. The van der Waals surface area contributed by atoms with Crippen LogP contribution in [0.1, 0.15) is 70.5 Å². The third-order valence-electron chi connectivity index (χ3n) is 8.39. The van der Waals surface area contributed by atoms with Gasteiger partial charge in [-0.25, -0.2) is 0 Å². The van der Waals surface area contributed by atoms with E-state index in [0.29, 0.717) is 38.8 Å². The molecule has 0 bridgehead atoms. The first-order valence-corrected chi connectivity index (χ1v) is 14.9. The second-order valence-corrected chi connectivity index (χ2v) is 12.8. The molecule has 9 heteroatoms. The molecule has 3 atom stereocenters. The van der Waals surface area contributed by atoms with Crippen molar-refractivity contribution in [2.45, 2.75) is 77.0 Å². The average molecular weight is 576 g/mol. The third-order valence-corrected chi connectivity index (χ3v) is 8.39. The summed E-state index contributed by atoms with van der Waals surface area (Å²) in [5.41, 5.74) is 0.472. The van der Waals surface area contributed by atoms with Gasteiger partial charge in [-0.05, 0) is 49.8 Å². The number of hydrogen-bond acceptors (Lipinski definition) is 5. The topological polar surface area (TPSA) is 111 Å². The fourth-order valence-corrected chi connectivity index (χ4v) is 5.95. The Bertz CT molecular complexity index is 1220. The summed E-state index contributed by atoms with van der Waals surface area (Å²) in [5, 5.41) is 9.06. The predicted molar refractivity (Wildman–Crippen MR) is 162 cm³/mol. The van der Waals surface area contributed by atoms with E-state index in [1.54, 1.807) is 23.8 Å². The van der Waals surface area contributed by atoms with Gasteiger partial charge in [-0.2, -0.15) is 0 Å². The molecular formula is C33H45N5O4. The smallest absolute Gasteiger partial charge is 0.247 e. The van der Waals surface area contributed by atoms with Gasteiger partial charge in [0, 0.05) is 26.1 Å². The summed E-state index contributed by atoms with van der Waals surface area (Å²) in [7, 11) is 1.68. The fraction of sp³-hybridized carbons (Fsp3) is 0.515. The normalized spacial score (nSPS) is 21.8. The lowest BCUT2D eigenvalue weighted by Crippen LogP contribution is -2.66. The quantitative estimate of drug-likeness (QED) is 0.448. The molecule has 1 unspecified atom stereocenters. The number of amides is 4. The number of carbonyl (C=O) groups is 4. The second-order valence-electron chi connectivity index (χ2n) is 12.8. The van der Waals surface area contributed by atoms with Crippen LogP contribution < -0.4 is 16.0 Å². The largest absolute Gasteiger partial charge is 0.343 e. The molecule has 2 heterocycles. The van der Waals surface area contributed by atoms with E-state index in [4.69, 9.17) is 0 Å². The van der Waals surface area contributed by atoms with Gasteiger partial charge in [0.2, 0.25) is 23.6 Å². The van der Waals surface area contributed by atoms with Crippen LogP contribution in [0.4, 0.5) is 0 Å². The molecule has 3 N–H and O–H groups in total. The van der Waals surface area contributed by atoms with E-state index in [2.05, 4.69) is 16.0 Å². The van der Waals surface area contributed by atoms with Gasteiger partial charge in [0.1, 0.15) is 11.6 Å². The van der Waals surface area contributed by atoms with Crippen molar-refractivity contribution in [1.82, 2.24) is 25.8 Å². The van der Waals surface area contributed by atoms with Crippen LogP contribution in [0.5, 0.6) is 0 Å². The minimum Gasteiger partial charge on any atom is -0.343 e. The highest BCUT2D eigenvalue weighted by molar-refractivity contribution is 5.96. The molecule has 0 radical (unpaired) electrons. The number of benzene rings is 2. The van der Waals surface area contributed by atoms with Crippen LogP contribution in [-0.2, 0) is 19.2 Å². The third kappa shape index (κ3) is 7.01. The minimum absolute atomic E-state index is 0.0702. The van der Waals surface area contributed by atoms with Crippen molar-refractivity contribution < 1.29 is 19.2 Å². The highest BCUT2D eigenvalue weighted by Crippen LogP contribution is 2.37. The maximum absolute atomic E-state index is 14.5. The molecule has 4 amide bonds. The first-order valence-electron chi connectivity index (χ1n) is 14.9. The Kier molecular flexibility index (Phi) is 9.71. The van der Waals surface area contributed by atoms with Gasteiger partial charge in [-0.3, -0.25) is 19.2 Å². The lowest BCUT2D eigenvalue weighted by atomic mass is 9.86. The van der Waals surface area contributed by atoms with Gasteiger partial charge in [-0.15, -0.1) is 0 Å². The minimum atomic E-state index is -1.14. The van der Waals surface area contributed by atoms with Gasteiger partial charge in [0.05, 0.1) is 12.1 Å². The standard InChI is InChI=1S/C33H45N5O4/c1-23(34-5)29(40)35-26-22-37(27(39)21-32(2,3)4)20-18-33(17-12-19-38(33)30(26)41)31(42)36-28(24-13-8-6-9-14-24)25-15-10-7-11-16-25/h6-11,13-16,23,26,28,34H,12,17-22H2,1-5H3,(H,35,40)(H,36,42)/t23-,26?,33-/m1/s1. The van der Waals surface area contributed by atoms with Crippen molar-refractivity contribution in [2.24, 2.45) is 5.41 Å². The van der Waals surface area contributed by atoms with E-state index in [9.17, 15) is 19.2 Å². The number of fused-ring (bicyclic) bond motifs is 1. The van der Waals surface area contributed by atoms with E-state index in [-0.39, 0.29) is 35.6 Å². The Balaban J connectivity index is 1.70. The summed E-state index contributed by atoms with van der Waals surface area (Å²) in [4.78, 5) is 58.4. The van der Waals surface area contributed by atoms with Crippen LogP contribution >= 0.6 is 0 Å². The maximum Gasteiger partial charge on any atom is 0.247 e. The number of hydrogen-bond donors (Lipinski definition) is 3. The number of nitrogens with one attached hydrogen (secondary N) is 3. The van der Waals surface area contributed by atoms with Crippen molar-refractivity contribution in [3.8, 4) is 0 Å². The Morgan fingerprint density at radius 2 is 1.55 bits per heavy atom. The zero-order valence-corrected chi connectivity index (χ0v) is 25.5. The van der Waals surface area contributed by atoms with E-state index in [1.807, 2.05) is 81.4 Å². The molecule has 2 aromatic rings. The van der Waals surface area contributed by atoms with Gasteiger partial charge in [0.25, 0.3) is 0 Å². The molecule has 4 rings (SSSR count). The van der Waals surface area contributed by atoms with Gasteiger partial charge < -0.3 is 25.8 Å². The average Bonchev–Trinajstić information content (AvgIpc) is 3.40. The SMILES string of the molecule is CN[C@H](C)C(=O)NC1CN(C(=O)CC(C)(C)C)CC[C@@]2(C(=O)NC(c3ccccc3)c3ccccc3)CCCN2C1=O. The predicted octanol–water partition coefficient (Wildman–Crippen LogP) is 3.01. The summed E-state index contributed by atoms with van der Waals surface area (Å²) in [5.74, 6) is -1.000. The van der Waals surface area contributed by atoms with Gasteiger partial charge >= 0.3 is 0 Å². The first kappa shape index (κ1) is 31.2. The number of nitrogens with zero attached hydrogens (tertiary/aromatic N) is 2. The van der Waals surface area contributed by atoms with Crippen molar-refractivity contribution in [2.75, 3.05) is 26.7 Å². The summed E-state index contributed by atoms with van der Waals surface area (Å²) >= 11 is 0. The molecule has 2 aromatic carbocycles. The zero-order chi connectivity index (χ0) is 30.5. The molecule has 226 valence electrons. The Morgan fingerprint density at radius 1 is 0.952 bits per heavy atom. The molecule has 2 aliphatic rings. The van der Waals surface area contributed by atoms with Crippen molar-refractivity contribution in [3.63, 3.8) is 0 Å². The molecule has 0 saturated carbocycles. The lowest BCUT2D eigenvalue weighted by Gasteiger charge is -2.44. The van der Waals surface area contributed by atoms with E-state index in [0.717, 1.165) is 11.1 Å². The monoisotopic (exact) mass is 575 g/mol. The van der Waals surface area contributed by atoms with Crippen LogP contribution in [-0.4, -0.2) is 77.7 Å². The van der Waals surface area contributed by atoms with Gasteiger partial charge in [-0.1, -0.05) is 81.4 Å². The summed E-state index contributed by atoms with van der Waals surface area (Å²) in [6.45, 7) is 8.49. The molecule has 2 fully saturated rings. The fourth-order valence-electron chi connectivity index (χ4n) is 5.95. The maximum atomic E-state index is 14.5. The molecule has 9 nitrogen and oxygen atoms in total. The molecule has 0 spiro atoms. The highest BCUT2D eigenvalue weighted by atomic mass is 16.2. The Labute approximate surface area is 249 Å². The zero-order valence-electron chi connectivity index (χ0n) is 25.5. The Morgan fingerprint density at radius 3 is 2.10 bits per heavy atom. The highest BCUT2D eigenvalue weighted by Gasteiger charge is 2.53. The van der Waals surface area contributed by atoms with E-state index >= 15 is 0 Å². The lowest BCUT2D eigenvalue weighted by molar-refractivity contribution is -0.152. The summed E-state index contributed by atoms with van der Waals surface area (Å²) in [6.07, 6.45) is 1.76. The van der Waals surface area contributed by atoms with Gasteiger partial charge in [0.15, 0.2) is 0 Å². The van der Waals surface area contributed by atoms with Crippen LogP contribution in [0.15, 0.2) is 60.7 Å². The van der Waals surface area contributed by atoms with Crippen LogP contribution in [0, 0.1) is 5.41 Å². The van der Waals surface area contributed by atoms with E-state index in [1.165, 1.54) is 0 Å². The molecule has 0 aliphatic carbocycles. The second kappa shape index (κ2) is 13.1. The molecule has 2 aliphatic heterocycles. The van der Waals surface area contributed by atoms with Crippen molar-refractivity contribution in [3.05, 3.63) is 71.8 Å². The molecule has 2 saturated heterocycles. The molecule has 0 aromatic heterocycles. The van der Waals surface area contributed by atoms with Crippen molar-refractivity contribution in [1.29, 1.82) is 0 Å². The number of rotatable bonds is 8. The number of likely N-dealkylation sites (N-methyl/N-ethyl adjacent to an activating group) is 1. The van der Waals surface area contributed by atoms with Crippen molar-refractivity contribution >= 4 is 23.6 Å². The molecule has 42 heavy (non-hydrogen) atoms. The first-order chi connectivity index (χ1) is 19.9. The van der Waals surface area contributed by atoms with Crippen LogP contribution in [0.3, 0.4) is 0 Å². The van der Waals surface area contributed by atoms with E-state index < -0.39 is 23.7 Å². The molecular weight excluding hydrogens is 530 g/mol. The van der Waals surface area contributed by atoms with Crippen LogP contribution in [0.25, 0.3) is 0 Å². The summed E-state index contributed by atoms with van der Waals surface area (Å²) < 4.78 is 0. The van der Waals surface area contributed by atoms with Crippen LogP contribution in [0.2, 0.25) is 0 Å². The Hall–Kier alpha value is -3.72. The summed E-state index contributed by atoms with van der Waals surface area (Å²) in [6, 6.07) is 17.7.